The third kappa shape index (κ3) is 7.66. The molecule has 2 heteroatoms. The average molecular weight is 172 g/mol. The molecule has 0 radical (unpaired) electrons. The number of hydrogen-bond acceptors (Lipinski definition) is 2. The first-order valence-electron chi connectivity index (χ1n) is 3.71. The van der Waals surface area contributed by atoms with E-state index in [4.69, 9.17) is 0 Å². The van der Waals surface area contributed by atoms with Crippen molar-refractivity contribution >= 4 is 18.4 Å². The molecular weight excluding hydrogens is 156 g/mol. The minimum atomic E-state index is 0.0802. The van der Waals surface area contributed by atoms with Crippen LogP contribution in [0.5, 0.6) is 0 Å². The van der Waals surface area contributed by atoms with Gasteiger partial charge < -0.3 is 0 Å². The lowest BCUT2D eigenvalue weighted by molar-refractivity contribution is -0.116. The Hall–Kier alpha value is -0.240. The highest BCUT2D eigenvalue weighted by Crippen LogP contribution is 2.19. The number of carbonyl (C=O) groups excluding carboxylic acids is 1. The van der Waals surface area contributed by atoms with E-state index in [1.165, 1.54) is 0 Å². The Labute approximate surface area is 74.3 Å². The van der Waals surface area contributed by atoms with E-state index in [1.807, 2.05) is 27.7 Å². The Bertz CT molecular complexity index is 170. The molecule has 0 spiro atoms. The summed E-state index contributed by atoms with van der Waals surface area (Å²) in [6.07, 6.45) is 2.17. The fraction of sp³-hybridized carbons (Fsp3) is 0.667. The van der Waals surface area contributed by atoms with E-state index < -0.39 is 0 Å². The number of rotatable bonds is 2. The zero-order chi connectivity index (χ0) is 9.07. The Kier molecular flexibility index (Phi) is 3.87. The zero-order valence-electron chi connectivity index (χ0n) is 7.64. The summed E-state index contributed by atoms with van der Waals surface area (Å²) in [7, 11) is 0. The number of ketones is 1. The molecule has 0 amide bonds. The second-order valence-electron chi connectivity index (χ2n) is 3.99. The van der Waals surface area contributed by atoms with Crippen LogP contribution in [0.15, 0.2) is 11.0 Å². The van der Waals surface area contributed by atoms with Crippen molar-refractivity contribution in [2.45, 2.75) is 34.1 Å². The molecule has 0 unspecified atom stereocenters. The molecule has 0 saturated carbocycles. The first kappa shape index (κ1) is 10.8. The molecule has 0 aliphatic heterocycles. The van der Waals surface area contributed by atoms with Gasteiger partial charge in [-0.2, -0.15) is 0 Å². The highest BCUT2D eigenvalue weighted by Gasteiger charge is 2.13. The highest BCUT2D eigenvalue weighted by atomic mass is 32.1. The molecule has 0 heterocycles. The van der Waals surface area contributed by atoms with Crippen LogP contribution in [0.4, 0.5) is 0 Å². The molecule has 0 aromatic rings. The van der Waals surface area contributed by atoms with Gasteiger partial charge in [0.1, 0.15) is 0 Å². The van der Waals surface area contributed by atoms with Crippen molar-refractivity contribution < 1.29 is 4.79 Å². The molecule has 0 bridgehead atoms. The minimum Gasteiger partial charge on any atom is -0.295 e. The third-order valence-electron chi connectivity index (χ3n) is 1.07. The molecule has 64 valence electrons. The monoisotopic (exact) mass is 172 g/mol. The number of carbonyl (C=O) groups is 1. The van der Waals surface area contributed by atoms with Gasteiger partial charge in [0.25, 0.3) is 0 Å². The fourth-order valence-electron chi connectivity index (χ4n) is 0.807. The lowest BCUT2D eigenvalue weighted by atomic mass is 9.90. The molecule has 0 saturated heterocycles. The summed E-state index contributed by atoms with van der Waals surface area (Å²) in [6, 6.07) is 0. The smallest absolute Gasteiger partial charge is 0.156 e. The first-order valence-corrected chi connectivity index (χ1v) is 4.16. The van der Waals surface area contributed by atoms with Gasteiger partial charge in [0.15, 0.2) is 5.78 Å². The first-order chi connectivity index (χ1) is 4.81. The molecule has 11 heavy (non-hydrogen) atoms. The van der Waals surface area contributed by atoms with Crippen LogP contribution < -0.4 is 0 Å². The molecule has 1 nitrogen and oxygen atoms in total. The third-order valence-corrected chi connectivity index (χ3v) is 1.20. The van der Waals surface area contributed by atoms with Crippen molar-refractivity contribution in [3.63, 3.8) is 0 Å². The summed E-state index contributed by atoms with van der Waals surface area (Å²) < 4.78 is 0. The fourth-order valence-corrected chi connectivity index (χ4v) is 0.951. The SMILES string of the molecule is C/C(S)=C/C(=O)CC(C)(C)C. The zero-order valence-corrected chi connectivity index (χ0v) is 8.53. The van der Waals surface area contributed by atoms with Gasteiger partial charge in [0.05, 0.1) is 0 Å². The van der Waals surface area contributed by atoms with Crippen LogP contribution in [0.1, 0.15) is 34.1 Å². The van der Waals surface area contributed by atoms with Crippen molar-refractivity contribution in [1.29, 1.82) is 0 Å². The van der Waals surface area contributed by atoms with Gasteiger partial charge in [-0.05, 0) is 23.3 Å². The second-order valence-corrected chi connectivity index (χ2v) is 4.69. The van der Waals surface area contributed by atoms with Gasteiger partial charge in [-0.3, -0.25) is 4.79 Å². The van der Waals surface area contributed by atoms with Crippen LogP contribution in [0.2, 0.25) is 0 Å². The van der Waals surface area contributed by atoms with E-state index in [0.29, 0.717) is 6.42 Å². The lowest BCUT2D eigenvalue weighted by Gasteiger charge is -2.15. The predicted octanol–water partition coefficient (Wildman–Crippen LogP) is 2.83. The molecule has 0 aromatic carbocycles. The van der Waals surface area contributed by atoms with Crippen molar-refractivity contribution in [3.05, 3.63) is 11.0 Å². The van der Waals surface area contributed by atoms with E-state index >= 15 is 0 Å². The minimum absolute atomic E-state index is 0.0802. The molecule has 0 N–H and O–H groups in total. The summed E-state index contributed by atoms with van der Waals surface area (Å²) in [4.78, 5) is 11.9. The van der Waals surface area contributed by atoms with Crippen LogP contribution in [-0.4, -0.2) is 5.78 Å². The molecule has 0 aromatic heterocycles. The summed E-state index contributed by atoms with van der Waals surface area (Å²) >= 11 is 4.03. The summed E-state index contributed by atoms with van der Waals surface area (Å²) in [5, 5.41) is 0. The lowest BCUT2D eigenvalue weighted by Crippen LogP contribution is -2.10. The Morgan fingerprint density at radius 3 is 2.18 bits per heavy atom. The predicted molar refractivity (Wildman–Crippen MR) is 51.8 cm³/mol. The van der Waals surface area contributed by atoms with Crippen LogP contribution in [0.25, 0.3) is 0 Å². The van der Waals surface area contributed by atoms with Crippen molar-refractivity contribution in [3.8, 4) is 0 Å². The normalized spacial score (nSPS) is 13.4. The maximum absolute atomic E-state index is 11.1. The van der Waals surface area contributed by atoms with Gasteiger partial charge in [-0.1, -0.05) is 20.8 Å². The second kappa shape index (κ2) is 3.96. The molecule has 0 fully saturated rings. The van der Waals surface area contributed by atoms with E-state index in [2.05, 4.69) is 12.6 Å². The average Bonchev–Trinajstić information content (AvgIpc) is 1.53. The van der Waals surface area contributed by atoms with Crippen LogP contribution in [0.3, 0.4) is 0 Å². The Morgan fingerprint density at radius 1 is 1.45 bits per heavy atom. The van der Waals surface area contributed by atoms with Crippen LogP contribution in [0, 0.1) is 5.41 Å². The molecule has 0 atom stereocenters. The van der Waals surface area contributed by atoms with E-state index in [9.17, 15) is 4.79 Å². The molecule has 0 aliphatic rings. The van der Waals surface area contributed by atoms with E-state index in [-0.39, 0.29) is 11.2 Å². The van der Waals surface area contributed by atoms with Crippen molar-refractivity contribution in [2.75, 3.05) is 0 Å². The molecule has 0 aliphatic carbocycles. The molecular formula is C9H16OS. The quantitative estimate of drug-likeness (QED) is 0.500. The summed E-state index contributed by atoms with van der Waals surface area (Å²) in [5.41, 5.74) is 0.0802. The van der Waals surface area contributed by atoms with E-state index in [1.54, 1.807) is 6.08 Å². The maximum atomic E-state index is 11.1. The standard InChI is InChI=1S/C9H16OS/c1-7(11)5-8(10)6-9(2,3)4/h5,11H,6H2,1-4H3/b7-5-. The van der Waals surface area contributed by atoms with Crippen molar-refractivity contribution in [2.24, 2.45) is 5.41 Å². The largest absolute Gasteiger partial charge is 0.295 e. The summed E-state index contributed by atoms with van der Waals surface area (Å²) in [5.74, 6) is 0.157. The maximum Gasteiger partial charge on any atom is 0.156 e. The Balaban J connectivity index is 4.00. The van der Waals surface area contributed by atoms with Gasteiger partial charge in [-0.15, -0.1) is 12.6 Å². The van der Waals surface area contributed by atoms with Gasteiger partial charge in [-0.25, -0.2) is 0 Å². The number of allylic oxidation sites excluding steroid dienone is 2. The Morgan fingerprint density at radius 2 is 1.91 bits per heavy atom. The topological polar surface area (TPSA) is 17.1 Å². The van der Waals surface area contributed by atoms with Gasteiger partial charge in [0, 0.05) is 6.42 Å². The van der Waals surface area contributed by atoms with E-state index in [0.717, 1.165) is 4.91 Å². The summed E-state index contributed by atoms with van der Waals surface area (Å²) in [6.45, 7) is 7.95. The number of thiol groups is 1. The van der Waals surface area contributed by atoms with Gasteiger partial charge in [0.2, 0.25) is 0 Å². The molecule has 0 rings (SSSR count). The van der Waals surface area contributed by atoms with Gasteiger partial charge >= 0.3 is 0 Å². The highest BCUT2D eigenvalue weighted by molar-refractivity contribution is 7.84. The van der Waals surface area contributed by atoms with Crippen molar-refractivity contribution in [1.82, 2.24) is 0 Å². The van der Waals surface area contributed by atoms with Crippen LogP contribution in [-0.2, 0) is 4.79 Å². The van der Waals surface area contributed by atoms with Crippen LogP contribution >= 0.6 is 12.6 Å². The number of hydrogen-bond donors (Lipinski definition) is 1.